The van der Waals surface area contributed by atoms with Crippen LogP contribution in [0.5, 0.6) is 0 Å². The van der Waals surface area contributed by atoms with E-state index in [1.807, 2.05) is 60.7 Å². The summed E-state index contributed by atoms with van der Waals surface area (Å²) in [7, 11) is 0. The van der Waals surface area contributed by atoms with Gasteiger partial charge in [-0.3, -0.25) is 4.79 Å². The smallest absolute Gasteiger partial charge is 0.255 e. The van der Waals surface area contributed by atoms with Crippen LogP contribution in [0.15, 0.2) is 79.0 Å². The normalized spacial score (nSPS) is 13.7. The van der Waals surface area contributed by atoms with Gasteiger partial charge in [-0.25, -0.2) is 4.98 Å². The van der Waals surface area contributed by atoms with Gasteiger partial charge in [0.2, 0.25) is 0 Å². The Labute approximate surface area is 197 Å². The van der Waals surface area contributed by atoms with Crippen molar-refractivity contribution in [3.05, 3.63) is 89.6 Å². The fourth-order valence-corrected chi connectivity index (χ4v) is 4.06. The molecule has 2 N–H and O–H groups in total. The van der Waals surface area contributed by atoms with Crippen LogP contribution in [0, 0.1) is 0 Å². The molecule has 3 aromatic carbocycles. The number of aromatic amines is 1. The summed E-state index contributed by atoms with van der Waals surface area (Å²) in [6.45, 7) is 3.17. The molecule has 0 spiro atoms. The van der Waals surface area contributed by atoms with E-state index in [2.05, 4.69) is 20.2 Å². The third-order valence-corrected chi connectivity index (χ3v) is 5.98. The number of aromatic nitrogens is 2. The second-order valence-electron chi connectivity index (χ2n) is 7.81. The number of benzene rings is 3. The Bertz CT molecular complexity index is 1250. The van der Waals surface area contributed by atoms with E-state index < -0.39 is 0 Å². The molecule has 0 unspecified atom stereocenters. The zero-order valence-corrected chi connectivity index (χ0v) is 18.7. The molecule has 7 heteroatoms. The van der Waals surface area contributed by atoms with Gasteiger partial charge in [0.1, 0.15) is 5.82 Å². The lowest BCUT2D eigenvalue weighted by Crippen LogP contribution is -2.36. The molecular formula is C26H23ClN4O2. The maximum atomic E-state index is 12.8. The maximum Gasteiger partial charge on any atom is 0.255 e. The second kappa shape index (κ2) is 9.48. The number of carbonyl (C=O) groups is 1. The minimum Gasteiger partial charge on any atom is -0.378 e. The van der Waals surface area contributed by atoms with E-state index in [0.29, 0.717) is 22.1 Å². The summed E-state index contributed by atoms with van der Waals surface area (Å²) < 4.78 is 5.40. The standard InChI is InChI=1S/C26H23ClN4O2/c27-23-11-8-20(16-22(23)25-28-17-24(30-25)18-4-2-1-3-5-18)29-26(32)19-6-9-21(10-7-19)31-12-14-33-15-13-31/h1-11,16-17H,12-15H2,(H,28,30)(H,29,32). The number of carbonyl (C=O) groups excluding carboxylic acids is 1. The van der Waals surface area contributed by atoms with Crippen LogP contribution in [0.1, 0.15) is 10.4 Å². The summed E-state index contributed by atoms with van der Waals surface area (Å²) in [4.78, 5) is 22.9. The molecule has 5 rings (SSSR count). The minimum atomic E-state index is -0.179. The second-order valence-corrected chi connectivity index (χ2v) is 8.21. The van der Waals surface area contributed by atoms with Crippen LogP contribution in [0.2, 0.25) is 5.02 Å². The fourth-order valence-electron chi connectivity index (χ4n) is 3.86. The molecule has 1 amide bonds. The van der Waals surface area contributed by atoms with Crippen molar-refractivity contribution in [2.45, 2.75) is 0 Å². The van der Waals surface area contributed by atoms with Crippen LogP contribution in [0.3, 0.4) is 0 Å². The Morgan fingerprint density at radius 3 is 2.52 bits per heavy atom. The summed E-state index contributed by atoms with van der Waals surface area (Å²) in [5.74, 6) is 0.464. The number of ether oxygens (including phenoxy) is 1. The first-order chi connectivity index (χ1) is 16.2. The van der Waals surface area contributed by atoms with Gasteiger partial charge in [-0.1, -0.05) is 41.9 Å². The summed E-state index contributed by atoms with van der Waals surface area (Å²) in [5.41, 5.74) is 4.99. The van der Waals surface area contributed by atoms with E-state index in [1.54, 1.807) is 18.3 Å². The van der Waals surface area contributed by atoms with Gasteiger partial charge in [-0.05, 0) is 48.0 Å². The lowest BCUT2D eigenvalue weighted by molar-refractivity contribution is 0.102. The summed E-state index contributed by atoms with van der Waals surface area (Å²) >= 11 is 6.44. The van der Waals surface area contributed by atoms with Crippen LogP contribution >= 0.6 is 11.6 Å². The number of imidazole rings is 1. The molecular weight excluding hydrogens is 436 g/mol. The maximum absolute atomic E-state index is 12.8. The molecule has 1 fully saturated rings. The van der Waals surface area contributed by atoms with Gasteiger partial charge >= 0.3 is 0 Å². The van der Waals surface area contributed by atoms with Gasteiger partial charge in [0.05, 0.1) is 30.1 Å². The van der Waals surface area contributed by atoms with Crippen molar-refractivity contribution in [3.8, 4) is 22.6 Å². The van der Waals surface area contributed by atoms with Crippen LogP contribution in [0.25, 0.3) is 22.6 Å². The van der Waals surface area contributed by atoms with Crippen molar-refractivity contribution < 1.29 is 9.53 Å². The predicted molar refractivity (Wildman–Crippen MR) is 132 cm³/mol. The highest BCUT2D eigenvalue weighted by Crippen LogP contribution is 2.30. The number of halogens is 1. The number of amides is 1. The summed E-state index contributed by atoms with van der Waals surface area (Å²) in [6.07, 6.45) is 1.78. The largest absolute Gasteiger partial charge is 0.378 e. The van der Waals surface area contributed by atoms with E-state index in [9.17, 15) is 4.79 Å². The van der Waals surface area contributed by atoms with Crippen molar-refractivity contribution in [2.24, 2.45) is 0 Å². The molecule has 2 heterocycles. The van der Waals surface area contributed by atoms with Gasteiger partial charge in [0, 0.05) is 35.6 Å². The van der Waals surface area contributed by atoms with Gasteiger partial charge in [-0.2, -0.15) is 0 Å². The first kappa shape index (κ1) is 21.2. The number of H-pyrrole nitrogens is 1. The molecule has 6 nitrogen and oxygen atoms in total. The zero-order valence-electron chi connectivity index (χ0n) is 17.9. The quantitative estimate of drug-likeness (QED) is 0.415. The Morgan fingerprint density at radius 2 is 1.76 bits per heavy atom. The van der Waals surface area contributed by atoms with Crippen LogP contribution in [0.4, 0.5) is 11.4 Å². The summed E-state index contributed by atoms with van der Waals surface area (Å²) in [6, 6.07) is 23.0. The number of nitrogens with one attached hydrogen (secondary N) is 2. The van der Waals surface area contributed by atoms with Crippen molar-refractivity contribution >= 4 is 28.9 Å². The topological polar surface area (TPSA) is 70.2 Å². The lowest BCUT2D eigenvalue weighted by Gasteiger charge is -2.28. The zero-order chi connectivity index (χ0) is 22.6. The van der Waals surface area contributed by atoms with Crippen LogP contribution in [-0.4, -0.2) is 42.2 Å². The van der Waals surface area contributed by atoms with Gasteiger partial charge in [0.15, 0.2) is 0 Å². The minimum absolute atomic E-state index is 0.179. The number of morpholine rings is 1. The van der Waals surface area contributed by atoms with E-state index in [-0.39, 0.29) is 5.91 Å². The van der Waals surface area contributed by atoms with Crippen molar-refractivity contribution in [3.63, 3.8) is 0 Å². The first-order valence-corrected chi connectivity index (χ1v) is 11.2. The molecule has 166 valence electrons. The monoisotopic (exact) mass is 458 g/mol. The van der Waals surface area contributed by atoms with E-state index in [0.717, 1.165) is 48.8 Å². The van der Waals surface area contributed by atoms with E-state index >= 15 is 0 Å². The molecule has 0 radical (unpaired) electrons. The molecule has 0 atom stereocenters. The van der Waals surface area contributed by atoms with Crippen molar-refractivity contribution in [1.82, 2.24) is 9.97 Å². The number of nitrogens with zero attached hydrogens (tertiary/aromatic N) is 2. The SMILES string of the molecule is O=C(Nc1ccc(Cl)c(-c2ncc(-c3ccccc3)[nH]2)c1)c1ccc(N2CCOCC2)cc1. The first-order valence-electron chi connectivity index (χ1n) is 10.8. The van der Waals surface area contributed by atoms with Gasteiger partial charge < -0.3 is 19.9 Å². The Hall–Kier alpha value is -3.61. The highest BCUT2D eigenvalue weighted by atomic mass is 35.5. The fraction of sp³-hybridized carbons (Fsp3) is 0.154. The number of rotatable bonds is 5. The molecule has 1 aliphatic heterocycles. The van der Waals surface area contributed by atoms with E-state index in [4.69, 9.17) is 16.3 Å². The van der Waals surface area contributed by atoms with Crippen LogP contribution < -0.4 is 10.2 Å². The van der Waals surface area contributed by atoms with Gasteiger partial charge in [0.25, 0.3) is 5.91 Å². The molecule has 0 bridgehead atoms. The lowest BCUT2D eigenvalue weighted by atomic mass is 10.1. The average molecular weight is 459 g/mol. The van der Waals surface area contributed by atoms with Gasteiger partial charge in [-0.15, -0.1) is 0 Å². The predicted octanol–water partition coefficient (Wildman–Crippen LogP) is 5.49. The third kappa shape index (κ3) is 4.77. The highest BCUT2D eigenvalue weighted by molar-refractivity contribution is 6.33. The Kier molecular flexibility index (Phi) is 6.11. The number of anilines is 2. The molecule has 0 saturated carbocycles. The Morgan fingerprint density at radius 1 is 1.00 bits per heavy atom. The average Bonchev–Trinajstić information content (AvgIpc) is 3.36. The van der Waals surface area contributed by atoms with E-state index in [1.165, 1.54) is 0 Å². The number of hydrogen-bond donors (Lipinski definition) is 2. The highest BCUT2D eigenvalue weighted by Gasteiger charge is 2.14. The molecule has 4 aromatic rings. The molecule has 33 heavy (non-hydrogen) atoms. The van der Waals surface area contributed by atoms with Crippen LogP contribution in [-0.2, 0) is 4.74 Å². The molecule has 1 saturated heterocycles. The number of hydrogen-bond acceptors (Lipinski definition) is 4. The molecule has 0 aliphatic carbocycles. The van der Waals surface area contributed by atoms with Crippen molar-refractivity contribution in [2.75, 3.05) is 36.5 Å². The molecule has 1 aliphatic rings. The van der Waals surface area contributed by atoms with Crippen molar-refractivity contribution in [1.29, 1.82) is 0 Å². The molecule has 1 aromatic heterocycles. The Balaban J connectivity index is 1.32. The summed E-state index contributed by atoms with van der Waals surface area (Å²) in [5, 5.41) is 3.51. The third-order valence-electron chi connectivity index (χ3n) is 5.65.